The Morgan fingerprint density at radius 1 is 1.31 bits per heavy atom. The highest BCUT2D eigenvalue weighted by Gasteiger charge is 2.43. The molecule has 2 aromatic rings. The molecule has 3 rings (SSSR count). The Labute approximate surface area is 150 Å². The number of methoxy groups -OCH3 is 1. The van der Waals surface area contributed by atoms with Gasteiger partial charge >= 0.3 is 5.97 Å². The van der Waals surface area contributed by atoms with Crippen molar-refractivity contribution in [3.8, 4) is 5.69 Å². The zero-order valence-electron chi connectivity index (χ0n) is 14.7. The standard InChI is InChI=1S/C18H21FN4O3/c1-18(10-4-3-5-14(18)17(25)26-2)21-16(24)15-11-20-23(22-15)13-8-6-12(19)7-9-13/h6-9,11,14H,3-5,10H2,1-2H3,(H,21,24). The lowest BCUT2D eigenvalue weighted by Crippen LogP contribution is -2.55. The Hall–Kier alpha value is -2.77. The minimum Gasteiger partial charge on any atom is -0.469 e. The lowest BCUT2D eigenvalue weighted by atomic mass is 9.73. The molecule has 2 atom stereocenters. The summed E-state index contributed by atoms with van der Waals surface area (Å²) in [6.07, 6.45) is 4.55. The van der Waals surface area contributed by atoms with E-state index in [-0.39, 0.29) is 17.5 Å². The quantitative estimate of drug-likeness (QED) is 0.845. The number of nitrogens with one attached hydrogen (secondary N) is 1. The molecule has 1 aliphatic rings. The summed E-state index contributed by atoms with van der Waals surface area (Å²) in [4.78, 5) is 26.0. The van der Waals surface area contributed by atoms with Crippen molar-refractivity contribution < 1.29 is 18.7 Å². The van der Waals surface area contributed by atoms with E-state index in [1.165, 1.54) is 42.4 Å². The fourth-order valence-electron chi connectivity index (χ4n) is 3.39. The highest BCUT2D eigenvalue weighted by atomic mass is 19.1. The second-order valence-corrected chi connectivity index (χ2v) is 6.69. The van der Waals surface area contributed by atoms with Gasteiger partial charge < -0.3 is 10.1 Å². The van der Waals surface area contributed by atoms with Crippen molar-refractivity contribution in [3.05, 3.63) is 42.0 Å². The molecule has 1 aromatic heterocycles. The Morgan fingerprint density at radius 3 is 2.73 bits per heavy atom. The molecule has 138 valence electrons. The van der Waals surface area contributed by atoms with Gasteiger partial charge in [-0.05, 0) is 44.0 Å². The number of esters is 1. The van der Waals surface area contributed by atoms with E-state index in [0.29, 0.717) is 18.5 Å². The molecule has 1 aromatic carbocycles. The predicted octanol–water partition coefficient (Wildman–Crippen LogP) is 2.26. The van der Waals surface area contributed by atoms with E-state index in [1.807, 2.05) is 6.92 Å². The summed E-state index contributed by atoms with van der Waals surface area (Å²) in [7, 11) is 1.35. The first-order valence-electron chi connectivity index (χ1n) is 8.51. The molecule has 26 heavy (non-hydrogen) atoms. The number of hydrogen-bond donors (Lipinski definition) is 1. The number of nitrogens with zero attached hydrogens (tertiary/aromatic N) is 3. The third kappa shape index (κ3) is 3.58. The summed E-state index contributed by atoms with van der Waals surface area (Å²) >= 11 is 0. The van der Waals surface area contributed by atoms with Crippen LogP contribution in [0.3, 0.4) is 0 Å². The number of carbonyl (C=O) groups is 2. The maximum atomic E-state index is 13.0. The van der Waals surface area contributed by atoms with Crippen LogP contribution in [-0.4, -0.2) is 39.5 Å². The van der Waals surface area contributed by atoms with Crippen LogP contribution >= 0.6 is 0 Å². The van der Waals surface area contributed by atoms with Crippen molar-refractivity contribution in [1.29, 1.82) is 0 Å². The first kappa shape index (κ1) is 18.0. The minimum absolute atomic E-state index is 0.129. The fraction of sp³-hybridized carbons (Fsp3) is 0.444. The summed E-state index contributed by atoms with van der Waals surface area (Å²) in [6.45, 7) is 1.86. The molecule has 0 radical (unpaired) electrons. The number of hydrogen-bond acceptors (Lipinski definition) is 5. The zero-order valence-corrected chi connectivity index (χ0v) is 14.7. The summed E-state index contributed by atoms with van der Waals surface area (Å²) in [5.41, 5.74) is -0.0197. The molecule has 0 bridgehead atoms. The molecule has 1 aliphatic carbocycles. The normalized spacial score (nSPS) is 22.7. The molecule has 0 saturated heterocycles. The second-order valence-electron chi connectivity index (χ2n) is 6.69. The SMILES string of the molecule is COC(=O)C1CCCCC1(C)NC(=O)c1cnn(-c2ccc(F)cc2)n1. The van der Waals surface area contributed by atoms with E-state index >= 15 is 0 Å². The second kappa shape index (κ2) is 7.23. The fourth-order valence-corrected chi connectivity index (χ4v) is 3.39. The first-order chi connectivity index (χ1) is 12.4. The van der Waals surface area contributed by atoms with Gasteiger partial charge in [-0.3, -0.25) is 9.59 Å². The van der Waals surface area contributed by atoms with Crippen molar-refractivity contribution in [1.82, 2.24) is 20.3 Å². The molecule has 0 spiro atoms. The van der Waals surface area contributed by atoms with Crippen molar-refractivity contribution in [2.24, 2.45) is 5.92 Å². The zero-order chi connectivity index (χ0) is 18.7. The predicted molar refractivity (Wildman–Crippen MR) is 91.2 cm³/mol. The van der Waals surface area contributed by atoms with Crippen LogP contribution in [0.2, 0.25) is 0 Å². The maximum absolute atomic E-state index is 13.0. The summed E-state index contributed by atoms with van der Waals surface area (Å²) in [5, 5.41) is 11.1. The Balaban J connectivity index is 1.77. The van der Waals surface area contributed by atoms with Crippen LogP contribution in [0.25, 0.3) is 5.69 Å². The van der Waals surface area contributed by atoms with Crippen LogP contribution in [-0.2, 0) is 9.53 Å². The third-order valence-electron chi connectivity index (χ3n) is 4.87. The van der Waals surface area contributed by atoms with Gasteiger partial charge in [0.1, 0.15) is 5.82 Å². The number of rotatable bonds is 4. The van der Waals surface area contributed by atoms with Crippen LogP contribution in [0.15, 0.2) is 30.5 Å². The van der Waals surface area contributed by atoms with Gasteiger partial charge in [0.2, 0.25) is 0 Å². The maximum Gasteiger partial charge on any atom is 0.311 e. The van der Waals surface area contributed by atoms with E-state index in [2.05, 4.69) is 15.5 Å². The van der Waals surface area contributed by atoms with Crippen LogP contribution in [0, 0.1) is 11.7 Å². The topological polar surface area (TPSA) is 86.1 Å². The summed E-state index contributed by atoms with van der Waals surface area (Å²) in [6, 6.07) is 5.63. The molecule has 2 unspecified atom stereocenters. The third-order valence-corrected chi connectivity index (χ3v) is 4.87. The average Bonchev–Trinajstić information content (AvgIpc) is 3.12. The monoisotopic (exact) mass is 360 g/mol. The van der Waals surface area contributed by atoms with Crippen molar-refractivity contribution in [3.63, 3.8) is 0 Å². The number of benzene rings is 1. The molecule has 7 nitrogen and oxygen atoms in total. The lowest BCUT2D eigenvalue weighted by molar-refractivity contribution is -0.149. The number of carbonyl (C=O) groups excluding carboxylic acids is 2. The Kier molecular flexibility index (Phi) is 5.01. The summed E-state index contributed by atoms with van der Waals surface area (Å²) < 4.78 is 17.9. The molecular weight excluding hydrogens is 339 g/mol. The molecule has 1 saturated carbocycles. The van der Waals surface area contributed by atoms with Crippen molar-refractivity contribution in [2.75, 3.05) is 7.11 Å². The summed E-state index contributed by atoms with van der Waals surface area (Å²) in [5.74, 6) is -1.48. The molecule has 0 aliphatic heterocycles. The van der Waals surface area contributed by atoms with Crippen molar-refractivity contribution >= 4 is 11.9 Å². The molecule has 1 N–H and O–H groups in total. The molecule has 1 amide bonds. The number of halogens is 1. The lowest BCUT2D eigenvalue weighted by Gasteiger charge is -2.40. The van der Waals surface area contributed by atoms with Gasteiger partial charge in [-0.15, -0.1) is 5.10 Å². The number of amides is 1. The van der Waals surface area contributed by atoms with Gasteiger partial charge in [-0.25, -0.2) is 4.39 Å². The van der Waals surface area contributed by atoms with E-state index in [9.17, 15) is 14.0 Å². The van der Waals surface area contributed by atoms with Gasteiger partial charge in [0.05, 0.1) is 30.5 Å². The largest absolute Gasteiger partial charge is 0.469 e. The van der Waals surface area contributed by atoms with E-state index in [0.717, 1.165) is 12.8 Å². The van der Waals surface area contributed by atoms with Crippen LogP contribution in [0.1, 0.15) is 43.1 Å². The van der Waals surface area contributed by atoms with Crippen molar-refractivity contribution in [2.45, 2.75) is 38.1 Å². The van der Waals surface area contributed by atoms with Crippen LogP contribution in [0.4, 0.5) is 4.39 Å². The Morgan fingerprint density at radius 2 is 2.04 bits per heavy atom. The molecule has 1 heterocycles. The Bertz CT molecular complexity index is 805. The molecule has 1 fully saturated rings. The van der Waals surface area contributed by atoms with Gasteiger partial charge in [-0.1, -0.05) is 12.8 Å². The van der Waals surface area contributed by atoms with Gasteiger partial charge in [-0.2, -0.15) is 9.90 Å². The van der Waals surface area contributed by atoms with E-state index in [4.69, 9.17) is 4.74 Å². The number of ether oxygens (including phenoxy) is 1. The molecular formula is C18H21FN4O3. The average molecular weight is 360 g/mol. The van der Waals surface area contributed by atoms with E-state index in [1.54, 1.807) is 0 Å². The first-order valence-corrected chi connectivity index (χ1v) is 8.51. The van der Waals surface area contributed by atoms with Gasteiger partial charge in [0.15, 0.2) is 5.69 Å². The van der Waals surface area contributed by atoms with Crippen LogP contribution in [0.5, 0.6) is 0 Å². The minimum atomic E-state index is -0.692. The van der Waals surface area contributed by atoms with Gasteiger partial charge in [0, 0.05) is 0 Å². The van der Waals surface area contributed by atoms with Crippen LogP contribution < -0.4 is 5.32 Å². The smallest absolute Gasteiger partial charge is 0.311 e. The van der Waals surface area contributed by atoms with Gasteiger partial charge in [0.25, 0.3) is 5.91 Å². The van der Waals surface area contributed by atoms with E-state index < -0.39 is 17.4 Å². The molecule has 8 heteroatoms. The number of aromatic nitrogens is 3. The highest BCUT2D eigenvalue weighted by Crippen LogP contribution is 2.34. The highest BCUT2D eigenvalue weighted by molar-refractivity contribution is 5.93.